The Morgan fingerprint density at radius 1 is 0.852 bits per heavy atom. The quantitative estimate of drug-likeness (QED) is 0.746. The number of carbonyl (C=O) groups excluding carboxylic acids is 1. The standard InChI is InChI=1S/C21H20N4OS/c26-20-17(13-7-8-14-22-20)27-21-23-18(15-9-3-1-4-10-15)19(24-25-21)16-11-5-2-6-12-16/h1-6,9-12,17H,7-8,13-14H2,(H,22,26). The molecule has 0 aliphatic carbocycles. The molecular weight excluding hydrogens is 356 g/mol. The second kappa shape index (κ2) is 8.31. The first kappa shape index (κ1) is 17.7. The van der Waals surface area contributed by atoms with E-state index in [1.165, 1.54) is 11.8 Å². The summed E-state index contributed by atoms with van der Waals surface area (Å²) in [5.74, 6) is 0.0643. The monoisotopic (exact) mass is 376 g/mol. The van der Waals surface area contributed by atoms with Gasteiger partial charge in [0.15, 0.2) is 0 Å². The molecule has 1 aliphatic rings. The Labute approximate surface area is 162 Å². The van der Waals surface area contributed by atoms with Crippen molar-refractivity contribution >= 4 is 17.7 Å². The first-order valence-electron chi connectivity index (χ1n) is 9.11. The molecule has 2 heterocycles. The lowest BCUT2D eigenvalue weighted by Gasteiger charge is -2.13. The summed E-state index contributed by atoms with van der Waals surface area (Å²) in [6.07, 6.45) is 2.88. The molecule has 1 atom stereocenters. The van der Waals surface area contributed by atoms with Crippen molar-refractivity contribution in [2.45, 2.75) is 29.7 Å². The molecule has 0 radical (unpaired) electrons. The Hall–Kier alpha value is -2.73. The number of nitrogens with one attached hydrogen (secondary N) is 1. The molecule has 1 unspecified atom stereocenters. The molecule has 1 aromatic heterocycles. The lowest BCUT2D eigenvalue weighted by Crippen LogP contribution is -2.30. The number of hydrogen-bond acceptors (Lipinski definition) is 5. The molecule has 4 rings (SSSR count). The highest BCUT2D eigenvalue weighted by Crippen LogP contribution is 2.31. The van der Waals surface area contributed by atoms with Crippen molar-refractivity contribution in [2.75, 3.05) is 6.54 Å². The lowest BCUT2D eigenvalue weighted by atomic mass is 10.0. The van der Waals surface area contributed by atoms with Crippen molar-refractivity contribution in [1.29, 1.82) is 0 Å². The second-order valence-electron chi connectivity index (χ2n) is 6.42. The predicted molar refractivity (Wildman–Crippen MR) is 107 cm³/mol. The summed E-state index contributed by atoms with van der Waals surface area (Å²) in [5.41, 5.74) is 3.49. The van der Waals surface area contributed by atoms with Gasteiger partial charge in [-0.2, -0.15) is 0 Å². The summed E-state index contributed by atoms with van der Waals surface area (Å²) < 4.78 is 0. The SMILES string of the molecule is O=C1NCCCCC1Sc1nnc(-c2ccccc2)c(-c2ccccc2)n1. The minimum atomic E-state index is -0.166. The third-order valence-corrected chi connectivity index (χ3v) is 5.61. The van der Waals surface area contributed by atoms with Gasteiger partial charge in [0, 0.05) is 17.7 Å². The largest absolute Gasteiger partial charge is 0.355 e. The Morgan fingerprint density at radius 2 is 1.52 bits per heavy atom. The first-order valence-corrected chi connectivity index (χ1v) is 9.99. The van der Waals surface area contributed by atoms with Crippen LogP contribution in [0.3, 0.4) is 0 Å². The van der Waals surface area contributed by atoms with Crippen LogP contribution in [0.15, 0.2) is 65.8 Å². The fourth-order valence-corrected chi connectivity index (χ4v) is 4.06. The van der Waals surface area contributed by atoms with E-state index in [4.69, 9.17) is 4.98 Å². The number of benzene rings is 2. The molecular formula is C21H20N4OS. The molecule has 1 N–H and O–H groups in total. The molecule has 27 heavy (non-hydrogen) atoms. The summed E-state index contributed by atoms with van der Waals surface area (Å²) in [4.78, 5) is 17.0. The molecule has 3 aromatic rings. The highest BCUT2D eigenvalue weighted by atomic mass is 32.2. The van der Waals surface area contributed by atoms with E-state index in [-0.39, 0.29) is 11.2 Å². The van der Waals surface area contributed by atoms with Gasteiger partial charge in [0.2, 0.25) is 11.1 Å². The average molecular weight is 376 g/mol. The maximum absolute atomic E-state index is 12.3. The van der Waals surface area contributed by atoms with Gasteiger partial charge >= 0.3 is 0 Å². The molecule has 1 saturated heterocycles. The van der Waals surface area contributed by atoms with Crippen LogP contribution < -0.4 is 5.32 Å². The summed E-state index contributed by atoms with van der Waals surface area (Å²) in [6.45, 7) is 0.747. The lowest BCUT2D eigenvalue weighted by molar-refractivity contribution is -0.120. The molecule has 0 spiro atoms. The van der Waals surface area contributed by atoms with Crippen LogP contribution >= 0.6 is 11.8 Å². The number of carbonyl (C=O) groups is 1. The molecule has 5 nitrogen and oxygen atoms in total. The smallest absolute Gasteiger partial charge is 0.233 e. The van der Waals surface area contributed by atoms with Crippen molar-refractivity contribution < 1.29 is 4.79 Å². The van der Waals surface area contributed by atoms with Crippen molar-refractivity contribution in [3.63, 3.8) is 0 Å². The summed E-state index contributed by atoms with van der Waals surface area (Å²) >= 11 is 1.40. The zero-order valence-electron chi connectivity index (χ0n) is 14.8. The summed E-state index contributed by atoms with van der Waals surface area (Å²) in [5, 5.41) is 12.1. The van der Waals surface area contributed by atoms with Gasteiger partial charge in [0.05, 0.1) is 5.25 Å². The van der Waals surface area contributed by atoms with Crippen LogP contribution in [0.2, 0.25) is 0 Å². The van der Waals surface area contributed by atoms with E-state index in [0.29, 0.717) is 5.16 Å². The topological polar surface area (TPSA) is 67.8 Å². The van der Waals surface area contributed by atoms with Gasteiger partial charge in [0.1, 0.15) is 11.4 Å². The zero-order valence-corrected chi connectivity index (χ0v) is 15.7. The highest BCUT2D eigenvalue weighted by molar-refractivity contribution is 8.00. The van der Waals surface area contributed by atoms with Gasteiger partial charge in [-0.3, -0.25) is 4.79 Å². The van der Waals surface area contributed by atoms with Crippen LogP contribution in [-0.4, -0.2) is 32.9 Å². The minimum Gasteiger partial charge on any atom is -0.355 e. The fourth-order valence-electron chi connectivity index (χ4n) is 3.10. The number of thioether (sulfide) groups is 1. The molecule has 136 valence electrons. The average Bonchev–Trinajstić information content (AvgIpc) is 2.93. The van der Waals surface area contributed by atoms with Crippen LogP contribution in [0.4, 0.5) is 0 Å². The van der Waals surface area contributed by atoms with Crippen molar-refractivity contribution in [3.05, 3.63) is 60.7 Å². The Balaban J connectivity index is 1.72. The van der Waals surface area contributed by atoms with Crippen LogP contribution in [0.25, 0.3) is 22.5 Å². The first-order chi connectivity index (χ1) is 13.3. The van der Waals surface area contributed by atoms with Crippen LogP contribution in [0, 0.1) is 0 Å². The molecule has 1 fully saturated rings. The van der Waals surface area contributed by atoms with Crippen LogP contribution in [0.1, 0.15) is 19.3 Å². The second-order valence-corrected chi connectivity index (χ2v) is 7.59. The van der Waals surface area contributed by atoms with Gasteiger partial charge in [-0.25, -0.2) is 4.98 Å². The Bertz CT molecular complexity index is 918. The summed E-state index contributed by atoms with van der Waals surface area (Å²) in [6, 6.07) is 19.9. The molecule has 1 amide bonds. The molecule has 6 heteroatoms. The maximum Gasteiger partial charge on any atom is 0.233 e. The van der Waals surface area contributed by atoms with Gasteiger partial charge in [0.25, 0.3) is 0 Å². The Kier molecular flexibility index (Phi) is 5.44. The van der Waals surface area contributed by atoms with E-state index in [2.05, 4.69) is 15.5 Å². The number of amides is 1. The normalized spacial score (nSPS) is 17.2. The predicted octanol–water partition coefficient (Wildman–Crippen LogP) is 3.97. The van der Waals surface area contributed by atoms with Gasteiger partial charge in [-0.05, 0) is 12.8 Å². The third kappa shape index (κ3) is 4.17. The van der Waals surface area contributed by atoms with Crippen molar-refractivity contribution in [1.82, 2.24) is 20.5 Å². The van der Waals surface area contributed by atoms with E-state index >= 15 is 0 Å². The number of nitrogens with zero attached hydrogens (tertiary/aromatic N) is 3. The van der Waals surface area contributed by atoms with Crippen molar-refractivity contribution in [3.8, 4) is 22.5 Å². The van der Waals surface area contributed by atoms with Crippen molar-refractivity contribution in [2.24, 2.45) is 0 Å². The summed E-state index contributed by atoms with van der Waals surface area (Å²) in [7, 11) is 0. The van der Waals surface area contributed by atoms with E-state index in [0.717, 1.165) is 48.3 Å². The van der Waals surface area contributed by atoms with E-state index in [1.807, 2.05) is 60.7 Å². The maximum atomic E-state index is 12.3. The van der Waals surface area contributed by atoms with Crippen LogP contribution in [-0.2, 0) is 4.79 Å². The van der Waals surface area contributed by atoms with E-state index in [1.54, 1.807) is 0 Å². The Morgan fingerprint density at radius 3 is 2.22 bits per heavy atom. The number of aromatic nitrogens is 3. The molecule has 1 aliphatic heterocycles. The van der Waals surface area contributed by atoms with Gasteiger partial charge in [-0.1, -0.05) is 78.8 Å². The highest BCUT2D eigenvalue weighted by Gasteiger charge is 2.24. The van der Waals surface area contributed by atoms with E-state index < -0.39 is 0 Å². The minimum absolute atomic E-state index is 0.0643. The van der Waals surface area contributed by atoms with Gasteiger partial charge < -0.3 is 5.32 Å². The number of hydrogen-bond donors (Lipinski definition) is 1. The van der Waals surface area contributed by atoms with Gasteiger partial charge in [-0.15, -0.1) is 10.2 Å². The fraction of sp³-hybridized carbons (Fsp3) is 0.238. The van der Waals surface area contributed by atoms with Crippen LogP contribution in [0.5, 0.6) is 0 Å². The molecule has 0 saturated carbocycles. The third-order valence-electron chi connectivity index (χ3n) is 4.49. The zero-order chi connectivity index (χ0) is 18.5. The van der Waals surface area contributed by atoms with E-state index in [9.17, 15) is 4.79 Å². The molecule has 2 aromatic carbocycles. The molecule has 0 bridgehead atoms. The number of rotatable bonds is 4.